The molecule has 23 heavy (non-hydrogen) atoms. The van der Waals surface area contributed by atoms with Crippen molar-refractivity contribution in [1.29, 1.82) is 0 Å². The number of ether oxygens (including phenoxy) is 2. The van der Waals surface area contributed by atoms with Crippen molar-refractivity contribution in [3.63, 3.8) is 0 Å². The average Bonchev–Trinajstić information content (AvgIpc) is 2.50. The van der Waals surface area contributed by atoms with Crippen LogP contribution in [0.15, 0.2) is 28.7 Å². The molecule has 1 rings (SSSR count). The smallest absolute Gasteiger partial charge is 0.331 e. The van der Waals surface area contributed by atoms with E-state index in [4.69, 9.17) is 9.47 Å². The third kappa shape index (κ3) is 6.86. The summed E-state index contributed by atoms with van der Waals surface area (Å²) in [5.74, 6) is 0.0884. The van der Waals surface area contributed by atoms with E-state index in [0.29, 0.717) is 18.2 Å². The number of halogens is 1. The topological polar surface area (TPSA) is 64.6 Å². The van der Waals surface area contributed by atoms with Crippen molar-refractivity contribution in [3.8, 4) is 5.75 Å². The van der Waals surface area contributed by atoms with Crippen molar-refractivity contribution in [3.05, 3.63) is 34.3 Å². The number of hydrogen-bond acceptors (Lipinski definition) is 4. The predicted molar refractivity (Wildman–Crippen MR) is 93.1 cm³/mol. The Labute approximate surface area is 145 Å². The van der Waals surface area contributed by atoms with Gasteiger partial charge in [0.2, 0.25) is 0 Å². The monoisotopic (exact) mass is 383 g/mol. The Balaban J connectivity index is 2.62. The fourth-order valence-corrected chi connectivity index (χ4v) is 2.09. The standard InChI is InChI=1S/C17H22BrNO4/c1-11(2)10-19-17(21)12(3)23-16(20)8-5-13-9-14(18)6-7-15(13)22-4/h5-9,11-12H,10H2,1-4H3,(H,19,21)/b8-5+/t12-/m1/s1. The Morgan fingerprint density at radius 1 is 1.30 bits per heavy atom. The number of methoxy groups -OCH3 is 1. The van der Waals surface area contributed by atoms with E-state index in [1.807, 2.05) is 26.0 Å². The molecule has 5 nitrogen and oxygen atoms in total. The number of benzene rings is 1. The molecule has 1 aromatic rings. The quantitative estimate of drug-likeness (QED) is 0.579. The third-order valence-electron chi connectivity index (χ3n) is 2.94. The van der Waals surface area contributed by atoms with E-state index in [1.54, 1.807) is 26.2 Å². The van der Waals surface area contributed by atoms with Crippen molar-refractivity contribution >= 4 is 33.9 Å². The lowest BCUT2D eigenvalue weighted by molar-refractivity contribution is -0.150. The number of nitrogens with one attached hydrogen (secondary N) is 1. The van der Waals surface area contributed by atoms with Crippen LogP contribution >= 0.6 is 15.9 Å². The van der Waals surface area contributed by atoms with Gasteiger partial charge in [0.05, 0.1) is 7.11 Å². The zero-order chi connectivity index (χ0) is 17.4. The second-order valence-electron chi connectivity index (χ2n) is 5.44. The zero-order valence-electron chi connectivity index (χ0n) is 13.8. The van der Waals surface area contributed by atoms with E-state index < -0.39 is 12.1 Å². The van der Waals surface area contributed by atoms with Gasteiger partial charge in [-0.1, -0.05) is 29.8 Å². The number of rotatable bonds is 7. The minimum absolute atomic E-state index is 0.305. The summed E-state index contributed by atoms with van der Waals surface area (Å²) in [5, 5.41) is 2.72. The Hall–Kier alpha value is -1.82. The van der Waals surface area contributed by atoms with Gasteiger partial charge in [-0.05, 0) is 37.1 Å². The summed E-state index contributed by atoms with van der Waals surface area (Å²) in [7, 11) is 1.56. The van der Waals surface area contributed by atoms with Crippen molar-refractivity contribution in [2.24, 2.45) is 5.92 Å². The van der Waals surface area contributed by atoms with Gasteiger partial charge in [-0.3, -0.25) is 4.79 Å². The van der Waals surface area contributed by atoms with Crippen LogP contribution in [-0.2, 0) is 14.3 Å². The van der Waals surface area contributed by atoms with Crippen LogP contribution in [-0.4, -0.2) is 31.6 Å². The molecule has 0 aromatic heterocycles. The fraction of sp³-hybridized carbons (Fsp3) is 0.412. The highest BCUT2D eigenvalue weighted by molar-refractivity contribution is 9.10. The van der Waals surface area contributed by atoms with Crippen LogP contribution in [0, 0.1) is 5.92 Å². The Kier molecular flexibility index (Phi) is 7.81. The number of hydrogen-bond donors (Lipinski definition) is 1. The first-order valence-electron chi connectivity index (χ1n) is 7.33. The molecule has 0 saturated heterocycles. The average molecular weight is 384 g/mol. The first-order valence-corrected chi connectivity index (χ1v) is 8.12. The van der Waals surface area contributed by atoms with E-state index in [1.165, 1.54) is 6.08 Å². The molecule has 6 heteroatoms. The van der Waals surface area contributed by atoms with Gasteiger partial charge in [0.15, 0.2) is 6.10 Å². The summed E-state index contributed by atoms with van der Waals surface area (Å²) in [6.45, 7) is 6.07. The fourth-order valence-electron chi connectivity index (χ4n) is 1.71. The zero-order valence-corrected chi connectivity index (χ0v) is 15.3. The van der Waals surface area contributed by atoms with Crippen molar-refractivity contribution in [1.82, 2.24) is 5.32 Å². The Morgan fingerprint density at radius 2 is 2.00 bits per heavy atom. The molecule has 0 unspecified atom stereocenters. The maximum absolute atomic E-state index is 11.8. The van der Waals surface area contributed by atoms with Crippen LogP contribution in [0.2, 0.25) is 0 Å². The predicted octanol–water partition coefficient (Wildman–Crippen LogP) is 3.17. The molecule has 0 bridgehead atoms. The van der Waals surface area contributed by atoms with Gasteiger partial charge in [0, 0.05) is 22.7 Å². The van der Waals surface area contributed by atoms with Gasteiger partial charge in [-0.15, -0.1) is 0 Å². The van der Waals surface area contributed by atoms with Crippen LogP contribution < -0.4 is 10.1 Å². The number of carbonyl (C=O) groups is 2. The minimum atomic E-state index is -0.838. The molecule has 1 aromatic carbocycles. The minimum Gasteiger partial charge on any atom is -0.496 e. The number of esters is 1. The van der Waals surface area contributed by atoms with Crippen molar-refractivity contribution in [2.45, 2.75) is 26.9 Å². The lowest BCUT2D eigenvalue weighted by Crippen LogP contribution is -2.37. The van der Waals surface area contributed by atoms with Crippen LogP contribution in [0.3, 0.4) is 0 Å². The van der Waals surface area contributed by atoms with E-state index in [2.05, 4.69) is 21.2 Å². The highest BCUT2D eigenvalue weighted by Gasteiger charge is 2.16. The molecule has 1 N–H and O–H groups in total. The highest BCUT2D eigenvalue weighted by Crippen LogP contribution is 2.24. The molecule has 0 aliphatic carbocycles. The molecule has 126 valence electrons. The first-order chi connectivity index (χ1) is 10.8. The molecule has 0 spiro atoms. The summed E-state index contributed by atoms with van der Waals surface area (Å²) >= 11 is 3.36. The second-order valence-corrected chi connectivity index (χ2v) is 6.35. The van der Waals surface area contributed by atoms with E-state index in [9.17, 15) is 9.59 Å². The van der Waals surface area contributed by atoms with Crippen molar-refractivity contribution in [2.75, 3.05) is 13.7 Å². The summed E-state index contributed by atoms with van der Waals surface area (Å²) in [5.41, 5.74) is 0.732. The van der Waals surface area contributed by atoms with Gasteiger partial charge in [-0.25, -0.2) is 4.79 Å². The molecule has 0 radical (unpaired) electrons. The Morgan fingerprint density at radius 3 is 2.61 bits per heavy atom. The highest BCUT2D eigenvalue weighted by atomic mass is 79.9. The maximum Gasteiger partial charge on any atom is 0.331 e. The molecular weight excluding hydrogens is 362 g/mol. The lowest BCUT2D eigenvalue weighted by atomic mass is 10.2. The Bertz CT molecular complexity index is 584. The molecule has 1 amide bonds. The molecule has 1 atom stereocenters. The lowest BCUT2D eigenvalue weighted by Gasteiger charge is -2.13. The normalized spacial score (nSPS) is 12.3. The van der Waals surface area contributed by atoms with E-state index in [0.717, 1.165) is 10.0 Å². The molecular formula is C17H22BrNO4. The van der Waals surface area contributed by atoms with Crippen LogP contribution in [0.1, 0.15) is 26.3 Å². The van der Waals surface area contributed by atoms with Crippen LogP contribution in [0.5, 0.6) is 5.75 Å². The molecule has 0 aliphatic rings. The van der Waals surface area contributed by atoms with Crippen LogP contribution in [0.25, 0.3) is 6.08 Å². The van der Waals surface area contributed by atoms with E-state index >= 15 is 0 Å². The maximum atomic E-state index is 11.8. The van der Waals surface area contributed by atoms with Gasteiger partial charge < -0.3 is 14.8 Å². The van der Waals surface area contributed by atoms with E-state index in [-0.39, 0.29) is 5.91 Å². The SMILES string of the molecule is COc1ccc(Br)cc1/C=C/C(=O)O[C@H](C)C(=O)NCC(C)C. The molecule has 0 aliphatic heterocycles. The van der Waals surface area contributed by atoms with Crippen LogP contribution in [0.4, 0.5) is 0 Å². The first kappa shape index (κ1) is 19.2. The number of carbonyl (C=O) groups excluding carboxylic acids is 2. The molecule has 0 heterocycles. The summed E-state index contributed by atoms with van der Waals surface area (Å²) in [4.78, 5) is 23.6. The van der Waals surface area contributed by atoms with Gasteiger partial charge in [0.1, 0.15) is 5.75 Å². The summed E-state index contributed by atoms with van der Waals surface area (Å²) in [6.07, 6.45) is 2.02. The van der Waals surface area contributed by atoms with Gasteiger partial charge >= 0.3 is 5.97 Å². The summed E-state index contributed by atoms with van der Waals surface area (Å²) in [6, 6.07) is 5.45. The van der Waals surface area contributed by atoms with Crippen molar-refractivity contribution < 1.29 is 19.1 Å². The second kappa shape index (κ2) is 9.35. The van der Waals surface area contributed by atoms with Gasteiger partial charge in [0.25, 0.3) is 5.91 Å². The summed E-state index contributed by atoms with van der Waals surface area (Å²) < 4.78 is 11.2. The molecule has 0 saturated carbocycles. The number of amides is 1. The third-order valence-corrected chi connectivity index (χ3v) is 3.43. The van der Waals surface area contributed by atoms with Gasteiger partial charge in [-0.2, -0.15) is 0 Å². The largest absolute Gasteiger partial charge is 0.496 e. The molecule has 0 fully saturated rings.